The van der Waals surface area contributed by atoms with E-state index in [2.05, 4.69) is 6.58 Å². The van der Waals surface area contributed by atoms with E-state index in [1.54, 1.807) is 6.92 Å². The maximum atomic E-state index is 8.68. The van der Waals surface area contributed by atoms with Gasteiger partial charge in [-0.15, -0.1) is 0 Å². The van der Waals surface area contributed by atoms with E-state index < -0.39 is 0 Å². The maximum Gasteiger partial charge on any atom is 0.0640 e. The van der Waals surface area contributed by atoms with Crippen molar-refractivity contribution in [2.75, 3.05) is 6.61 Å². The summed E-state index contributed by atoms with van der Waals surface area (Å²) in [5.74, 6) is 0. The van der Waals surface area contributed by atoms with Crippen LogP contribution < -0.4 is 0 Å². The lowest BCUT2D eigenvalue weighted by atomic mass is 10.1. The third-order valence-corrected chi connectivity index (χ3v) is 0.808. The molecule has 0 aliphatic heterocycles. The maximum absolute atomic E-state index is 8.68. The molecule has 0 rings (SSSR count). The largest absolute Gasteiger partial charge is 0.393 e. The molecule has 1 unspecified atom stereocenters. The summed E-state index contributed by atoms with van der Waals surface area (Å²) in [5, 5.41) is 17.1. The Bertz CT molecular complexity index is 76.6. The van der Waals surface area contributed by atoms with Crippen LogP contribution in [0.1, 0.15) is 13.3 Å². The van der Waals surface area contributed by atoms with Crippen molar-refractivity contribution >= 4 is 0 Å². The molecule has 48 valence electrons. The zero-order chi connectivity index (χ0) is 6.57. The molecule has 0 aliphatic rings. The number of aliphatic hydroxyl groups excluding tert-OH is 2. The van der Waals surface area contributed by atoms with Gasteiger partial charge in [0.2, 0.25) is 0 Å². The predicted molar refractivity (Wildman–Crippen MR) is 32.5 cm³/mol. The van der Waals surface area contributed by atoms with Gasteiger partial charge in [-0.3, -0.25) is 0 Å². The molecule has 0 aromatic heterocycles. The highest BCUT2D eigenvalue weighted by molar-refractivity contribution is 4.94. The average molecular weight is 116 g/mol. The summed E-state index contributed by atoms with van der Waals surface area (Å²) in [7, 11) is 0. The normalized spacial score (nSPS) is 13.4. The fourth-order valence-corrected chi connectivity index (χ4v) is 0.482. The van der Waals surface area contributed by atoms with Crippen molar-refractivity contribution < 1.29 is 10.2 Å². The van der Waals surface area contributed by atoms with Gasteiger partial charge in [-0.1, -0.05) is 6.58 Å². The Kier molecular flexibility index (Phi) is 3.48. The molecular formula is C6H12O2. The number of hydrogen-bond acceptors (Lipinski definition) is 2. The molecule has 0 bridgehead atoms. The molecule has 0 aliphatic carbocycles. The highest BCUT2D eigenvalue weighted by atomic mass is 16.3. The van der Waals surface area contributed by atoms with Gasteiger partial charge >= 0.3 is 0 Å². The Balaban J connectivity index is 3.25. The van der Waals surface area contributed by atoms with Gasteiger partial charge in [-0.2, -0.15) is 0 Å². The molecule has 1 atom stereocenters. The summed E-state index contributed by atoms with van der Waals surface area (Å²) >= 11 is 0. The summed E-state index contributed by atoms with van der Waals surface area (Å²) in [6, 6.07) is 0. The lowest BCUT2D eigenvalue weighted by Gasteiger charge is -2.02. The van der Waals surface area contributed by atoms with Crippen LogP contribution in [0, 0.1) is 0 Å². The van der Waals surface area contributed by atoms with Crippen LogP contribution in [0.25, 0.3) is 0 Å². The van der Waals surface area contributed by atoms with E-state index in [-0.39, 0.29) is 12.7 Å². The van der Waals surface area contributed by atoms with Gasteiger partial charge in [-0.25, -0.2) is 0 Å². The summed E-state index contributed by atoms with van der Waals surface area (Å²) in [6.07, 6.45) is 0.117. The first-order valence-corrected chi connectivity index (χ1v) is 2.62. The second-order valence-corrected chi connectivity index (χ2v) is 1.96. The topological polar surface area (TPSA) is 40.5 Å². The second kappa shape index (κ2) is 3.64. The Morgan fingerprint density at radius 1 is 1.75 bits per heavy atom. The number of rotatable bonds is 3. The minimum Gasteiger partial charge on any atom is -0.393 e. The number of aliphatic hydroxyl groups is 2. The quantitative estimate of drug-likeness (QED) is 0.521. The van der Waals surface area contributed by atoms with Gasteiger partial charge in [0.25, 0.3) is 0 Å². The van der Waals surface area contributed by atoms with Crippen molar-refractivity contribution in [2.45, 2.75) is 19.4 Å². The zero-order valence-electron chi connectivity index (χ0n) is 5.09. The van der Waals surface area contributed by atoms with Crippen LogP contribution in [0.15, 0.2) is 12.2 Å². The van der Waals surface area contributed by atoms with E-state index >= 15 is 0 Å². The minimum absolute atomic E-state index is 0.0229. The molecule has 0 saturated carbocycles. The molecule has 0 radical (unpaired) electrons. The van der Waals surface area contributed by atoms with E-state index in [1.165, 1.54) is 0 Å². The van der Waals surface area contributed by atoms with Crippen molar-refractivity contribution in [1.82, 2.24) is 0 Å². The molecule has 0 amide bonds. The first-order chi connectivity index (χ1) is 3.66. The van der Waals surface area contributed by atoms with Crippen molar-refractivity contribution in [1.29, 1.82) is 0 Å². The van der Waals surface area contributed by atoms with E-state index in [0.29, 0.717) is 12.0 Å². The number of hydrogen-bond donors (Lipinski definition) is 2. The summed E-state index contributed by atoms with van der Waals surface area (Å²) in [4.78, 5) is 0. The monoisotopic (exact) mass is 116 g/mol. The van der Waals surface area contributed by atoms with E-state index in [9.17, 15) is 0 Å². The van der Waals surface area contributed by atoms with Crippen molar-refractivity contribution in [3.63, 3.8) is 0 Å². The zero-order valence-corrected chi connectivity index (χ0v) is 5.09. The van der Waals surface area contributed by atoms with E-state index in [1.807, 2.05) is 0 Å². The Hall–Kier alpha value is -0.340. The van der Waals surface area contributed by atoms with Crippen molar-refractivity contribution in [3.05, 3.63) is 12.2 Å². The van der Waals surface area contributed by atoms with Crippen molar-refractivity contribution in [3.8, 4) is 0 Å². The molecular weight excluding hydrogens is 104 g/mol. The molecule has 0 aromatic rings. The van der Waals surface area contributed by atoms with Crippen LogP contribution >= 0.6 is 0 Å². The molecule has 8 heavy (non-hydrogen) atoms. The Labute approximate surface area is 49.5 Å². The molecule has 0 saturated heterocycles. The molecule has 0 aromatic carbocycles. The first-order valence-electron chi connectivity index (χ1n) is 2.62. The predicted octanol–water partition coefficient (Wildman–Crippen LogP) is 0.306. The van der Waals surface area contributed by atoms with Crippen molar-refractivity contribution in [2.24, 2.45) is 0 Å². The summed E-state index contributed by atoms with van der Waals surface area (Å²) < 4.78 is 0. The SMILES string of the molecule is C=C(CO)CC(C)O. The Morgan fingerprint density at radius 2 is 2.25 bits per heavy atom. The summed E-state index contributed by atoms with van der Waals surface area (Å²) in [6.45, 7) is 5.15. The molecule has 2 heteroatoms. The van der Waals surface area contributed by atoms with Crippen LogP contribution in [0.2, 0.25) is 0 Å². The fraction of sp³-hybridized carbons (Fsp3) is 0.667. The third-order valence-electron chi connectivity index (χ3n) is 0.808. The first kappa shape index (κ1) is 7.66. The lowest BCUT2D eigenvalue weighted by molar-refractivity contribution is 0.188. The smallest absolute Gasteiger partial charge is 0.0640 e. The Morgan fingerprint density at radius 3 is 2.38 bits per heavy atom. The van der Waals surface area contributed by atoms with Gasteiger partial charge in [0.05, 0.1) is 12.7 Å². The minimum atomic E-state index is -0.380. The molecule has 0 fully saturated rings. The molecule has 2 N–H and O–H groups in total. The van der Waals surface area contributed by atoms with Crippen LogP contribution in [0.4, 0.5) is 0 Å². The van der Waals surface area contributed by atoms with Crippen LogP contribution in [-0.2, 0) is 0 Å². The standard InChI is InChI=1S/C6H12O2/c1-5(4-7)3-6(2)8/h6-8H,1,3-4H2,2H3. The average Bonchev–Trinajstić information content (AvgIpc) is 1.65. The third kappa shape index (κ3) is 3.84. The lowest BCUT2D eigenvalue weighted by Crippen LogP contribution is -2.02. The molecule has 0 spiro atoms. The van der Waals surface area contributed by atoms with Gasteiger partial charge in [0, 0.05) is 0 Å². The highest BCUT2D eigenvalue weighted by Gasteiger charge is 1.96. The van der Waals surface area contributed by atoms with E-state index in [0.717, 1.165) is 0 Å². The highest BCUT2D eigenvalue weighted by Crippen LogP contribution is 1.99. The van der Waals surface area contributed by atoms with Gasteiger partial charge in [0.15, 0.2) is 0 Å². The van der Waals surface area contributed by atoms with Crippen LogP contribution in [-0.4, -0.2) is 22.9 Å². The molecule has 0 heterocycles. The van der Waals surface area contributed by atoms with Crippen LogP contribution in [0.5, 0.6) is 0 Å². The van der Waals surface area contributed by atoms with Gasteiger partial charge < -0.3 is 10.2 Å². The summed E-state index contributed by atoms with van der Waals surface area (Å²) in [5.41, 5.74) is 0.681. The second-order valence-electron chi connectivity index (χ2n) is 1.96. The van der Waals surface area contributed by atoms with E-state index in [4.69, 9.17) is 10.2 Å². The van der Waals surface area contributed by atoms with Crippen LogP contribution in [0.3, 0.4) is 0 Å². The molecule has 2 nitrogen and oxygen atoms in total. The fourth-order valence-electron chi connectivity index (χ4n) is 0.482. The van der Waals surface area contributed by atoms with Gasteiger partial charge in [-0.05, 0) is 18.9 Å². The van der Waals surface area contributed by atoms with Gasteiger partial charge in [0.1, 0.15) is 0 Å².